The molecule has 52 heavy (non-hydrogen) atoms. The van der Waals surface area contributed by atoms with E-state index in [-0.39, 0.29) is 30.2 Å². The van der Waals surface area contributed by atoms with Crippen LogP contribution in [0, 0.1) is 24.2 Å². The molecule has 0 saturated heterocycles. The zero-order chi connectivity index (χ0) is 36.9. The van der Waals surface area contributed by atoms with Crippen molar-refractivity contribution in [2.45, 2.75) is 117 Å². The monoisotopic (exact) mass is 702 g/mol. The van der Waals surface area contributed by atoms with Gasteiger partial charge in [0.15, 0.2) is 0 Å². The van der Waals surface area contributed by atoms with E-state index in [2.05, 4.69) is 64.2 Å². The third-order valence-electron chi connectivity index (χ3n) is 10.0. The number of imidazole rings is 2. The minimum Gasteiger partial charge on any atom is -0.444 e. The van der Waals surface area contributed by atoms with E-state index in [0.717, 1.165) is 66.0 Å². The summed E-state index contributed by atoms with van der Waals surface area (Å²) in [5.74, 6) is 4.68. The molecule has 0 spiro atoms. The van der Waals surface area contributed by atoms with E-state index in [0.29, 0.717) is 24.8 Å². The summed E-state index contributed by atoms with van der Waals surface area (Å²) in [6, 6.07) is 13.2. The Morgan fingerprint density at radius 3 is 1.87 bits per heavy atom. The second-order valence-electron chi connectivity index (χ2n) is 16.7. The van der Waals surface area contributed by atoms with Crippen LogP contribution in [-0.4, -0.2) is 65.2 Å². The third kappa shape index (κ3) is 7.89. The summed E-state index contributed by atoms with van der Waals surface area (Å²) in [7, 11) is 0. The molecule has 10 nitrogen and oxygen atoms in total. The van der Waals surface area contributed by atoms with Gasteiger partial charge in [-0.3, -0.25) is 9.80 Å². The van der Waals surface area contributed by atoms with Crippen LogP contribution in [0.3, 0.4) is 0 Å². The maximum Gasteiger partial charge on any atom is 0.410 e. The van der Waals surface area contributed by atoms with Crippen LogP contribution in [-0.2, 0) is 35.4 Å². The highest BCUT2D eigenvalue weighted by atomic mass is 16.6. The number of amides is 2. The number of fused-ring (bicyclic) bond motifs is 1. The summed E-state index contributed by atoms with van der Waals surface area (Å²) >= 11 is 0. The minimum atomic E-state index is -0.605. The highest BCUT2D eigenvalue weighted by Gasteiger charge is 2.45. The Balaban J connectivity index is 1.09. The molecule has 2 saturated carbocycles. The number of hydrogen-bond acceptors (Lipinski definition) is 6. The number of nitrogens with zero attached hydrogens (tertiary/aromatic N) is 4. The van der Waals surface area contributed by atoms with Gasteiger partial charge in [-0.05, 0) is 120 Å². The molecule has 0 radical (unpaired) electrons. The van der Waals surface area contributed by atoms with E-state index < -0.39 is 11.2 Å². The van der Waals surface area contributed by atoms with Crippen molar-refractivity contribution >= 4 is 12.2 Å². The fourth-order valence-electron chi connectivity index (χ4n) is 7.17. The number of ether oxygens (including phenoxy) is 2. The average Bonchev–Trinajstić information content (AvgIpc) is 3.73. The molecule has 3 aliphatic carbocycles. The van der Waals surface area contributed by atoms with Crippen LogP contribution < -0.4 is 0 Å². The number of carbonyl (C=O) groups excluding carboxylic acids is 2. The molecule has 3 aliphatic rings. The van der Waals surface area contributed by atoms with Crippen molar-refractivity contribution in [3.8, 4) is 46.0 Å². The highest BCUT2D eigenvalue weighted by Crippen LogP contribution is 2.40. The molecule has 2 fully saturated rings. The summed E-state index contributed by atoms with van der Waals surface area (Å²) in [5.41, 5.74) is 7.86. The van der Waals surface area contributed by atoms with E-state index in [1.807, 2.05) is 58.8 Å². The zero-order valence-corrected chi connectivity index (χ0v) is 31.4. The number of aryl methyl sites for hydroxylation is 1. The van der Waals surface area contributed by atoms with Crippen LogP contribution in [0.4, 0.5) is 9.59 Å². The molecule has 2 heterocycles. The van der Waals surface area contributed by atoms with Gasteiger partial charge in [0.1, 0.15) is 22.9 Å². The van der Waals surface area contributed by atoms with Crippen molar-refractivity contribution in [3.63, 3.8) is 0 Å². The zero-order valence-electron chi connectivity index (χ0n) is 31.4. The summed E-state index contributed by atoms with van der Waals surface area (Å²) in [4.78, 5) is 45.9. The standard InChI is InChI=1S/C42H50N6O4/c1-9-26-20-36(26)48(40(50)52-42(6,7)8)24-38-43-21-33(45-38)28-15-13-27(14-16-28)32-19-30(18-29-11-10-12-31(29)32)34-22-44-37(46-34)23-47(35-17-25(35)2)39(49)51-41(3,4)5/h1,13-16,18-19,21-22,25-26,35-36H,10-12,17,20,23-24H2,2-8H3,(H,43,45)(H,44,46). The van der Waals surface area contributed by atoms with Crippen molar-refractivity contribution in [3.05, 3.63) is 71.6 Å². The average molecular weight is 703 g/mol. The first-order valence-corrected chi connectivity index (χ1v) is 18.5. The van der Waals surface area contributed by atoms with Crippen molar-refractivity contribution in [1.82, 2.24) is 29.7 Å². The Bertz CT molecular complexity index is 2010. The molecular weight excluding hydrogens is 653 g/mol. The predicted molar refractivity (Wildman–Crippen MR) is 201 cm³/mol. The first kappa shape index (κ1) is 35.4. The molecule has 0 bridgehead atoms. The normalized spacial score (nSPS) is 20.5. The first-order chi connectivity index (χ1) is 24.7. The highest BCUT2D eigenvalue weighted by molar-refractivity contribution is 5.78. The van der Waals surface area contributed by atoms with Gasteiger partial charge >= 0.3 is 12.2 Å². The van der Waals surface area contributed by atoms with E-state index in [1.54, 1.807) is 4.90 Å². The number of aromatic nitrogens is 4. The summed E-state index contributed by atoms with van der Waals surface area (Å²) in [5, 5.41) is 0. The van der Waals surface area contributed by atoms with Crippen LogP contribution in [0.25, 0.3) is 33.6 Å². The summed E-state index contributed by atoms with van der Waals surface area (Å²) < 4.78 is 11.4. The number of rotatable bonds is 9. The Morgan fingerprint density at radius 1 is 0.808 bits per heavy atom. The maximum atomic E-state index is 13.1. The largest absolute Gasteiger partial charge is 0.444 e. The van der Waals surface area contributed by atoms with Crippen LogP contribution in [0.15, 0.2) is 48.8 Å². The second-order valence-corrected chi connectivity index (χ2v) is 16.7. The quantitative estimate of drug-likeness (QED) is 0.169. The molecule has 2 amide bonds. The van der Waals surface area contributed by atoms with Gasteiger partial charge in [-0.25, -0.2) is 19.6 Å². The molecule has 2 aromatic heterocycles. The molecule has 2 N–H and O–H groups in total. The number of terminal acetylenes is 1. The second kappa shape index (κ2) is 13.5. The maximum absolute atomic E-state index is 13.1. The van der Waals surface area contributed by atoms with Crippen molar-refractivity contribution in [1.29, 1.82) is 0 Å². The van der Waals surface area contributed by atoms with Crippen LogP contribution in [0.2, 0.25) is 0 Å². The Kier molecular flexibility index (Phi) is 9.18. The number of H-pyrrole nitrogens is 2. The van der Waals surface area contributed by atoms with Gasteiger partial charge < -0.3 is 19.4 Å². The number of benzene rings is 2. The number of carbonyl (C=O) groups is 2. The Morgan fingerprint density at radius 2 is 1.35 bits per heavy atom. The molecule has 0 aliphatic heterocycles. The van der Waals surface area contributed by atoms with Crippen molar-refractivity contribution < 1.29 is 19.1 Å². The summed E-state index contributed by atoms with van der Waals surface area (Å²) in [6.07, 6.45) is 13.6. The lowest BCUT2D eigenvalue weighted by Crippen LogP contribution is -2.38. The van der Waals surface area contributed by atoms with Crippen molar-refractivity contribution in [2.24, 2.45) is 11.8 Å². The van der Waals surface area contributed by atoms with Crippen LogP contribution in [0.5, 0.6) is 0 Å². The molecule has 272 valence electrons. The molecule has 4 unspecified atom stereocenters. The van der Waals surface area contributed by atoms with E-state index in [4.69, 9.17) is 20.9 Å². The van der Waals surface area contributed by atoms with E-state index in [9.17, 15) is 9.59 Å². The predicted octanol–water partition coefficient (Wildman–Crippen LogP) is 8.53. The van der Waals surface area contributed by atoms with Gasteiger partial charge in [0, 0.05) is 17.5 Å². The van der Waals surface area contributed by atoms with Gasteiger partial charge in [0.05, 0.1) is 42.9 Å². The Labute approximate surface area is 306 Å². The van der Waals surface area contributed by atoms with Gasteiger partial charge in [0.25, 0.3) is 0 Å². The fraction of sp³-hybridized carbons (Fsp3) is 0.476. The van der Waals surface area contributed by atoms with Crippen LogP contribution >= 0.6 is 0 Å². The molecule has 7 rings (SSSR count). The van der Waals surface area contributed by atoms with Crippen molar-refractivity contribution in [2.75, 3.05) is 0 Å². The van der Waals surface area contributed by atoms with Gasteiger partial charge in [0.2, 0.25) is 0 Å². The molecule has 4 atom stereocenters. The first-order valence-electron chi connectivity index (χ1n) is 18.5. The van der Waals surface area contributed by atoms with Crippen LogP contribution in [0.1, 0.15) is 90.5 Å². The van der Waals surface area contributed by atoms with E-state index in [1.165, 1.54) is 16.7 Å². The smallest absolute Gasteiger partial charge is 0.410 e. The number of nitrogens with one attached hydrogen (secondary N) is 2. The topological polar surface area (TPSA) is 116 Å². The summed E-state index contributed by atoms with van der Waals surface area (Å²) in [6.45, 7) is 14.1. The van der Waals surface area contributed by atoms with Gasteiger partial charge in [-0.15, -0.1) is 12.3 Å². The lowest BCUT2D eigenvalue weighted by Gasteiger charge is -2.27. The minimum absolute atomic E-state index is 0.0375. The van der Waals surface area contributed by atoms with Gasteiger partial charge in [-0.2, -0.15) is 0 Å². The third-order valence-corrected chi connectivity index (χ3v) is 10.0. The van der Waals surface area contributed by atoms with Gasteiger partial charge in [-0.1, -0.05) is 31.2 Å². The number of aromatic amines is 2. The fourth-order valence-corrected chi connectivity index (χ4v) is 7.17. The lowest BCUT2D eigenvalue weighted by molar-refractivity contribution is 0.0194. The van der Waals surface area contributed by atoms with E-state index >= 15 is 0 Å². The SMILES string of the molecule is C#CC1CC1N(Cc1ncc(-c2ccc(-c3cc(-c4cnc(CN(C(=O)OC(C)(C)C)C5CC5C)[nH]4)cc4c3CCC4)cc2)[nH]1)C(=O)OC(C)(C)C. The molecule has 10 heteroatoms. The molecule has 2 aromatic carbocycles. The number of hydrogen-bond donors (Lipinski definition) is 2. The lowest BCUT2D eigenvalue weighted by atomic mass is 9.93. The molecular formula is C42H50N6O4. The Hall–Kier alpha value is -5.04. The molecule has 4 aromatic rings.